The Morgan fingerprint density at radius 2 is 1.94 bits per heavy atom. The lowest BCUT2D eigenvalue weighted by atomic mass is 10.0. The van der Waals surface area contributed by atoms with E-state index < -0.39 is 0 Å². The van der Waals surface area contributed by atoms with Gasteiger partial charge in [-0.3, -0.25) is 0 Å². The Labute approximate surface area is 105 Å². The number of nitrogens with zero attached hydrogens (tertiary/aromatic N) is 3. The second-order valence-corrected chi connectivity index (χ2v) is 5.81. The molecule has 0 saturated carbocycles. The lowest BCUT2D eigenvalue weighted by Gasteiger charge is -2.21. The van der Waals surface area contributed by atoms with Crippen molar-refractivity contribution in [1.82, 2.24) is 9.88 Å². The molecule has 0 bridgehead atoms. The number of anilines is 1. The topological polar surface area (TPSA) is 19.4 Å². The van der Waals surface area contributed by atoms with Gasteiger partial charge < -0.3 is 9.80 Å². The fourth-order valence-electron chi connectivity index (χ4n) is 3.01. The number of likely N-dealkylation sites (tertiary alicyclic amines) is 1. The zero-order chi connectivity index (χ0) is 11.1. The standard InChI is InChI=1S/C12H16BrN3/c1-15-5-9-7-16(8-10(9)6-15)12-11(13)3-2-4-14-12/h2-4,9-10H,5-8H2,1H3. The fraction of sp³-hybridized carbons (Fsp3) is 0.583. The van der Waals surface area contributed by atoms with Crippen LogP contribution in [0.5, 0.6) is 0 Å². The Kier molecular flexibility index (Phi) is 2.64. The Morgan fingerprint density at radius 1 is 1.25 bits per heavy atom. The van der Waals surface area contributed by atoms with Crippen molar-refractivity contribution >= 4 is 21.7 Å². The number of aromatic nitrogens is 1. The van der Waals surface area contributed by atoms with Crippen LogP contribution in [0.3, 0.4) is 0 Å². The summed E-state index contributed by atoms with van der Waals surface area (Å²) in [5.74, 6) is 2.78. The predicted octanol–water partition coefficient (Wildman–Crippen LogP) is 1.84. The van der Waals surface area contributed by atoms with Crippen molar-refractivity contribution in [2.45, 2.75) is 0 Å². The monoisotopic (exact) mass is 281 g/mol. The number of hydrogen-bond donors (Lipinski definition) is 0. The molecule has 0 aromatic carbocycles. The third-order valence-electron chi connectivity index (χ3n) is 3.71. The van der Waals surface area contributed by atoms with Gasteiger partial charge in [-0.05, 0) is 46.9 Å². The van der Waals surface area contributed by atoms with E-state index in [4.69, 9.17) is 0 Å². The van der Waals surface area contributed by atoms with Crippen molar-refractivity contribution in [2.75, 3.05) is 38.1 Å². The summed E-state index contributed by atoms with van der Waals surface area (Å²) in [7, 11) is 2.22. The van der Waals surface area contributed by atoms with Crippen molar-refractivity contribution < 1.29 is 0 Å². The minimum atomic E-state index is 0.832. The fourth-order valence-corrected chi connectivity index (χ4v) is 3.52. The van der Waals surface area contributed by atoms with Crippen molar-refractivity contribution in [3.63, 3.8) is 0 Å². The van der Waals surface area contributed by atoms with E-state index in [2.05, 4.69) is 43.8 Å². The number of rotatable bonds is 1. The first kappa shape index (κ1) is 10.5. The highest BCUT2D eigenvalue weighted by molar-refractivity contribution is 9.10. The van der Waals surface area contributed by atoms with E-state index in [-0.39, 0.29) is 0 Å². The van der Waals surface area contributed by atoms with Crippen LogP contribution in [-0.4, -0.2) is 43.1 Å². The molecule has 86 valence electrons. The van der Waals surface area contributed by atoms with Crippen LogP contribution in [0.2, 0.25) is 0 Å². The molecular weight excluding hydrogens is 266 g/mol. The molecule has 2 aliphatic rings. The van der Waals surface area contributed by atoms with Crippen LogP contribution in [-0.2, 0) is 0 Å². The highest BCUT2D eigenvalue weighted by atomic mass is 79.9. The average molecular weight is 282 g/mol. The van der Waals surface area contributed by atoms with Gasteiger partial charge in [0.15, 0.2) is 0 Å². The van der Waals surface area contributed by atoms with Gasteiger partial charge in [-0.25, -0.2) is 4.98 Å². The predicted molar refractivity (Wildman–Crippen MR) is 68.6 cm³/mol. The molecule has 3 nitrogen and oxygen atoms in total. The van der Waals surface area contributed by atoms with Crippen molar-refractivity contribution in [2.24, 2.45) is 11.8 Å². The Bertz CT molecular complexity index is 382. The zero-order valence-electron chi connectivity index (χ0n) is 9.43. The summed E-state index contributed by atoms with van der Waals surface area (Å²) in [5.41, 5.74) is 0. The number of fused-ring (bicyclic) bond motifs is 1. The molecule has 2 unspecified atom stereocenters. The van der Waals surface area contributed by atoms with E-state index in [1.165, 1.54) is 13.1 Å². The lowest BCUT2D eigenvalue weighted by Crippen LogP contribution is -2.27. The summed E-state index contributed by atoms with van der Waals surface area (Å²) >= 11 is 3.58. The largest absolute Gasteiger partial charge is 0.355 e. The van der Waals surface area contributed by atoms with E-state index >= 15 is 0 Å². The van der Waals surface area contributed by atoms with Crippen LogP contribution < -0.4 is 4.90 Å². The van der Waals surface area contributed by atoms with Gasteiger partial charge in [0.1, 0.15) is 5.82 Å². The average Bonchev–Trinajstić information content (AvgIpc) is 2.75. The summed E-state index contributed by atoms with van der Waals surface area (Å²) < 4.78 is 1.11. The van der Waals surface area contributed by atoms with E-state index in [0.29, 0.717) is 0 Å². The maximum Gasteiger partial charge on any atom is 0.142 e. The Morgan fingerprint density at radius 3 is 2.56 bits per heavy atom. The maximum atomic E-state index is 4.47. The highest BCUT2D eigenvalue weighted by Crippen LogP contribution is 2.34. The number of halogens is 1. The maximum absolute atomic E-state index is 4.47. The molecule has 2 atom stereocenters. The first-order valence-electron chi connectivity index (χ1n) is 5.78. The molecule has 3 heterocycles. The van der Waals surface area contributed by atoms with Crippen molar-refractivity contribution in [1.29, 1.82) is 0 Å². The van der Waals surface area contributed by atoms with Crippen LogP contribution in [0.4, 0.5) is 5.82 Å². The molecule has 0 N–H and O–H groups in total. The quantitative estimate of drug-likeness (QED) is 0.783. The van der Waals surface area contributed by atoms with Crippen LogP contribution >= 0.6 is 15.9 Å². The van der Waals surface area contributed by atoms with E-state index in [1.807, 2.05) is 12.3 Å². The van der Waals surface area contributed by atoms with Crippen LogP contribution in [0.25, 0.3) is 0 Å². The minimum Gasteiger partial charge on any atom is -0.355 e. The number of hydrogen-bond acceptors (Lipinski definition) is 3. The number of pyridine rings is 1. The Balaban J connectivity index is 1.78. The van der Waals surface area contributed by atoms with Gasteiger partial charge in [-0.2, -0.15) is 0 Å². The SMILES string of the molecule is CN1CC2CN(c3ncccc3Br)CC2C1. The second kappa shape index (κ2) is 4.00. The first-order chi connectivity index (χ1) is 7.74. The molecule has 1 aromatic rings. The summed E-state index contributed by atoms with van der Waals surface area (Å²) in [6.07, 6.45) is 1.88. The smallest absolute Gasteiger partial charge is 0.142 e. The molecule has 0 radical (unpaired) electrons. The third-order valence-corrected chi connectivity index (χ3v) is 4.33. The molecule has 2 fully saturated rings. The van der Waals surface area contributed by atoms with Crippen LogP contribution in [0.15, 0.2) is 22.8 Å². The lowest BCUT2D eigenvalue weighted by molar-refractivity contribution is 0.387. The first-order valence-corrected chi connectivity index (χ1v) is 6.57. The molecule has 0 amide bonds. The molecule has 16 heavy (non-hydrogen) atoms. The van der Waals surface area contributed by atoms with E-state index in [0.717, 1.165) is 35.2 Å². The molecular formula is C12H16BrN3. The molecule has 0 aliphatic carbocycles. The molecule has 0 spiro atoms. The van der Waals surface area contributed by atoms with E-state index in [1.54, 1.807) is 0 Å². The van der Waals surface area contributed by atoms with Gasteiger partial charge in [0.25, 0.3) is 0 Å². The summed E-state index contributed by atoms with van der Waals surface area (Å²) in [4.78, 5) is 9.34. The van der Waals surface area contributed by atoms with Crippen LogP contribution in [0, 0.1) is 11.8 Å². The van der Waals surface area contributed by atoms with Crippen molar-refractivity contribution in [3.05, 3.63) is 22.8 Å². The molecule has 1 aromatic heterocycles. The molecule has 4 heteroatoms. The second-order valence-electron chi connectivity index (χ2n) is 4.96. The van der Waals surface area contributed by atoms with Gasteiger partial charge in [-0.15, -0.1) is 0 Å². The van der Waals surface area contributed by atoms with E-state index in [9.17, 15) is 0 Å². The minimum absolute atomic E-state index is 0.832. The molecule has 3 rings (SSSR count). The third kappa shape index (κ3) is 1.74. The zero-order valence-corrected chi connectivity index (χ0v) is 11.0. The summed E-state index contributed by atoms with van der Waals surface area (Å²) in [5, 5.41) is 0. The van der Waals surface area contributed by atoms with Gasteiger partial charge in [0.05, 0.1) is 4.47 Å². The highest BCUT2D eigenvalue weighted by Gasteiger charge is 2.39. The van der Waals surface area contributed by atoms with Gasteiger partial charge in [0.2, 0.25) is 0 Å². The van der Waals surface area contributed by atoms with Crippen molar-refractivity contribution in [3.8, 4) is 0 Å². The summed E-state index contributed by atoms with van der Waals surface area (Å²) in [6, 6.07) is 4.04. The van der Waals surface area contributed by atoms with Gasteiger partial charge in [-0.1, -0.05) is 0 Å². The van der Waals surface area contributed by atoms with Gasteiger partial charge >= 0.3 is 0 Å². The normalized spacial score (nSPS) is 29.8. The van der Waals surface area contributed by atoms with Crippen LogP contribution in [0.1, 0.15) is 0 Å². The summed E-state index contributed by atoms with van der Waals surface area (Å²) in [6.45, 7) is 4.80. The van der Waals surface area contributed by atoms with Gasteiger partial charge in [0, 0.05) is 32.4 Å². The molecule has 2 saturated heterocycles. The Hall–Kier alpha value is -0.610. The molecule has 2 aliphatic heterocycles.